The Balaban J connectivity index is 1.53. The van der Waals surface area contributed by atoms with Crippen molar-refractivity contribution >= 4 is 29.0 Å². The highest BCUT2D eigenvalue weighted by Crippen LogP contribution is 2.20. The summed E-state index contributed by atoms with van der Waals surface area (Å²) in [6.07, 6.45) is 3.37. The highest BCUT2D eigenvalue weighted by atomic mass is 32.2. The van der Waals surface area contributed by atoms with E-state index in [0.29, 0.717) is 10.7 Å². The van der Waals surface area contributed by atoms with E-state index in [9.17, 15) is 14.9 Å². The molecule has 0 radical (unpaired) electrons. The van der Waals surface area contributed by atoms with Gasteiger partial charge in [0.25, 0.3) is 5.69 Å². The molecule has 2 heterocycles. The molecule has 0 atom stereocenters. The Kier molecular flexibility index (Phi) is 5.49. The minimum absolute atomic E-state index is 0.0260. The van der Waals surface area contributed by atoms with Crippen LogP contribution in [0.15, 0.2) is 66.0 Å². The quantitative estimate of drug-likeness (QED) is 0.404. The predicted octanol–water partition coefficient (Wildman–Crippen LogP) is 3.18. The number of non-ortho nitro benzene ring substituents is 1. The zero-order valence-corrected chi connectivity index (χ0v) is 14.2. The first-order valence-corrected chi connectivity index (χ1v) is 8.51. The van der Waals surface area contributed by atoms with Gasteiger partial charge in [0.2, 0.25) is 5.91 Å². The molecule has 0 spiro atoms. The number of amides is 1. The Morgan fingerprint density at radius 3 is 2.38 bits per heavy atom. The summed E-state index contributed by atoms with van der Waals surface area (Å²) in [5.74, 6) is -0.0795. The second kappa shape index (κ2) is 8.17. The van der Waals surface area contributed by atoms with Crippen molar-refractivity contribution < 1.29 is 9.72 Å². The largest absolute Gasteiger partial charge is 0.325 e. The number of carbonyl (C=O) groups excluding carboxylic acids is 1. The van der Waals surface area contributed by atoms with Gasteiger partial charge in [0.15, 0.2) is 0 Å². The highest BCUT2D eigenvalue weighted by molar-refractivity contribution is 7.99. The van der Waals surface area contributed by atoms with Gasteiger partial charge >= 0.3 is 0 Å². The second-order valence-corrected chi connectivity index (χ2v) is 6.13. The Morgan fingerprint density at radius 2 is 1.77 bits per heavy atom. The van der Waals surface area contributed by atoms with Gasteiger partial charge in [0.1, 0.15) is 5.03 Å². The molecule has 0 fully saturated rings. The van der Waals surface area contributed by atoms with Crippen LogP contribution in [0.3, 0.4) is 0 Å². The summed E-state index contributed by atoms with van der Waals surface area (Å²) in [5, 5.41) is 22.2. The number of benzene rings is 1. The minimum Gasteiger partial charge on any atom is -0.325 e. The van der Waals surface area contributed by atoms with Crippen molar-refractivity contribution in [3.8, 4) is 11.3 Å². The number of hydrogen-bond donors (Lipinski definition) is 1. The van der Waals surface area contributed by atoms with E-state index in [0.717, 1.165) is 11.3 Å². The van der Waals surface area contributed by atoms with E-state index in [2.05, 4.69) is 20.5 Å². The normalized spacial score (nSPS) is 10.3. The van der Waals surface area contributed by atoms with Crippen LogP contribution in [0.4, 0.5) is 11.4 Å². The maximum absolute atomic E-state index is 12.0. The topological polar surface area (TPSA) is 111 Å². The molecule has 0 aliphatic heterocycles. The Hall–Kier alpha value is -3.33. The van der Waals surface area contributed by atoms with Gasteiger partial charge in [-0.05, 0) is 36.4 Å². The van der Waals surface area contributed by atoms with Gasteiger partial charge in [-0.15, -0.1) is 10.2 Å². The van der Waals surface area contributed by atoms with Gasteiger partial charge in [-0.25, -0.2) is 0 Å². The van der Waals surface area contributed by atoms with Crippen LogP contribution in [0.2, 0.25) is 0 Å². The monoisotopic (exact) mass is 367 g/mol. The van der Waals surface area contributed by atoms with Gasteiger partial charge in [-0.3, -0.25) is 19.9 Å². The van der Waals surface area contributed by atoms with Gasteiger partial charge < -0.3 is 5.32 Å². The van der Waals surface area contributed by atoms with Crippen LogP contribution in [0.1, 0.15) is 0 Å². The number of thioether (sulfide) groups is 1. The summed E-state index contributed by atoms with van der Waals surface area (Å²) < 4.78 is 0. The van der Waals surface area contributed by atoms with Crippen LogP contribution < -0.4 is 5.32 Å². The lowest BCUT2D eigenvalue weighted by Crippen LogP contribution is -2.14. The number of carbonyl (C=O) groups is 1. The van der Waals surface area contributed by atoms with Crippen molar-refractivity contribution in [1.29, 1.82) is 0 Å². The average Bonchev–Trinajstić information content (AvgIpc) is 2.68. The molecular weight excluding hydrogens is 354 g/mol. The van der Waals surface area contributed by atoms with Crippen molar-refractivity contribution in [2.45, 2.75) is 5.03 Å². The standard InChI is InChI=1S/C17H13N5O3S/c23-16(19-13-1-3-14(4-2-13)22(24)25)11-26-17-6-5-15(20-21-17)12-7-9-18-10-8-12/h1-10H,11H2,(H,19,23). The molecule has 130 valence electrons. The Bertz CT molecular complexity index is 902. The predicted molar refractivity (Wildman–Crippen MR) is 97.7 cm³/mol. The van der Waals surface area contributed by atoms with Crippen LogP contribution in [-0.4, -0.2) is 31.8 Å². The molecule has 1 aromatic carbocycles. The van der Waals surface area contributed by atoms with E-state index in [1.807, 2.05) is 18.2 Å². The molecule has 0 bridgehead atoms. The fourth-order valence-corrected chi connectivity index (χ4v) is 2.69. The zero-order valence-electron chi connectivity index (χ0n) is 13.4. The van der Waals surface area contributed by atoms with E-state index in [1.54, 1.807) is 18.5 Å². The van der Waals surface area contributed by atoms with Gasteiger partial charge in [0.05, 0.1) is 16.4 Å². The van der Waals surface area contributed by atoms with Gasteiger partial charge in [-0.2, -0.15) is 0 Å². The molecule has 26 heavy (non-hydrogen) atoms. The second-order valence-electron chi connectivity index (χ2n) is 5.13. The third-order valence-corrected chi connectivity index (χ3v) is 4.25. The van der Waals surface area contributed by atoms with Crippen molar-refractivity contribution in [3.63, 3.8) is 0 Å². The molecule has 0 unspecified atom stereocenters. The molecule has 3 rings (SSSR count). The van der Waals surface area contributed by atoms with Gasteiger partial charge in [0, 0.05) is 35.8 Å². The molecule has 0 aliphatic rings. The van der Waals surface area contributed by atoms with Crippen molar-refractivity contribution in [2.24, 2.45) is 0 Å². The number of pyridine rings is 1. The van der Waals surface area contributed by atoms with Crippen molar-refractivity contribution in [3.05, 3.63) is 71.0 Å². The Morgan fingerprint density at radius 1 is 1.04 bits per heavy atom. The van der Waals surface area contributed by atoms with E-state index >= 15 is 0 Å². The van der Waals surface area contributed by atoms with Crippen LogP contribution in [0.25, 0.3) is 11.3 Å². The molecule has 0 aliphatic carbocycles. The summed E-state index contributed by atoms with van der Waals surface area (Å²) in [5.41, 5.74) is 2.12. The fourth-order valence-electron chi connectivity index (χ4n) is 2.08. The fraction of sp³-hybridized carbons (Fsp3) is 0.0588. The van der Waals surface area contributed by atoms with E-state index in [1.165, 1.54) is 36.0 Å². The summed E-state index contributed by atoms with van der Waals surface area (Å²) in [6, 6.07) is 13.0. The first-order chi connectivity index (χ1) is 12.6. The first-order valence-electron chi connectivity index (χ1n) is 7.53. The van der Waals surface area contributed by atoms with Crippen LogP contribution in [0.5, 0.6) is 0 Å². The van der Waals surface area contributed by atoms with E-state index < -0.39 is 4.92 Å². The number of nitro groups is 1. The molecule has 1 N–H and O–H groups in total. The maximum Gasteiger partial charge on any atom is 0.269 e. The lowest BCUT2D eigenvalue weighted by Gasteiger charge is -2.05. The zero-order chi connectivity index (χ0) is 18.4. The van der Waals surface area contributed by atoms with Crippen LogP contribution in [-0.2, 0) is 4.79 Å². The first kappa shape index (κ1) is 17.5. The number of nitrogens with zero attached hydrogens (tertiary/aromatic N) is 4. The van der Waals surface area contributed by atoms with E-state index in [4.69, 9.17) is 0 Å². The number of nitrogens with one attached hydrogen (secondary N) is 1. The number of aromatic nitrogens is 3. The number of hydrogen-bond acceptors (Lipinski definition) is 7. The molecule has 0 saturated heterocycles. The average molecular weight is 367 g/mol. The van der Waals surface area contributed by atoms with E-state index in [-0.39, 0.29) is 17.3 Å². The smallest absolute Gasteiger partial charge is 0.269 e. The molecule has 0 saturated carbocycles. The van der Waals surface area contributed by atoms with Crippen molar-refractivity contribution in [2.75, 3.05) is 11.1 Å². The summed E-state index contributed by atoms with van der Waals surface area (Å²) in [7, 11) is 0. The van der Waals surface area contributed by atoms with Crippen molar-refractivity contribution in [1.82, 2.24) is 15.2 Å². The highest BCUT2D eigenvalue weighted by Gasteiger charge is 2.08. The SMILES string of the molecule is O=C(CSc1ccc(-c2ccncc2)nn1)Nc1ccc([N+](=O)[O-])cc1. The Labute approximate surface area is 152 Å². The molecule has 1 amide bonds. The summed E-state index contributed by atoms with van der Waals surface area (Å²) in [6.45, 7) is 0. The minimum atomic E-state index is -0.490. The number of nitro benzene ring substituents is 1. The molecule has 2 aromatic heterocycles. The lowest BCUT2D eigenvalue weighted by molar-refractivity contribution is -0.384. The molecule has 8 nitrogen and oxygen atoms in total. The number of rotatable bonds is 6. The summed E-state index contributed by atoms with van der Waals surface area (Å²) in [4.78, 5) is 26.0. The van der Waals surface area contributed by atoms with Crippen LogP contribution in [0, 0.1) is 10.1 Å². The lowest BCUT2D eigenvalue weighted by atomic mass is 10.2. The van der Waals surface area contributed by atoms with Crippen LogP contribution >= 0.6 is 11.8 Å². The summed E-state index contributed by atoms with van der Waals surface area (Å²) >= 11 is 1.25. The van der Waals surface area contributed by atoms with Gasteiger partial charge in [-0.1, -0.05) is 11.8 Å². The molecular formula is C17H13N5O3S. The maximum atomic E-state index is 12.0. The molecule has 9 heteroatoms. The molecule has 3 aromatic rings. The third-order valence-electron chi connectivity index (χ3n) is 3.33. The number of anilines is 1. The third kappa shape index (κ3) is 4.61.